The molecule has 5 fully saturated rings. The third-order valence-electron chi connectivity index (χ3n) is 30.8. The van der Waals surface area contributed by atoms with Gasteiger partial charge < -0.3 is 9.80 Å². The van der Waals surface area contributed by atoms with E-state index in [1.54, 1.807) is 0 Å². The van der Waals surface area contributed by atoms with Crippen LogP contribution in [-0.4, -0.2) is 0 Å². The summed E-state index contributed by atoms with van der Waals surface area (Å²) in [6.07, 6.45) is 24.7. The molecule has 0 unspecified atom stereocenters. The Morgan fingerprint density at radius 1 is 0.183 bits per heavy atom. The van der Waals surface area contributed by atoms with Crippen LogP contribution in [0.25, 0.3) is 89.0 Å². The van der Waals surface area contributed by atoms with E-state index in [4.69, 9.17) is 0 Å². The molecule has 14 aromatic rings. The van der Waals surface area contributed by atoms with Crippen molar-refractivity contribution in [3.8, 4) is 89.0 Å². The first-order chi connectivity index (χ1) is 56.5. The van der Waals surface area contributed by atoms with Gasteiger partial charge in [0.15, 0.2) is 0 Å². The Morgan fingerprint density at radius 3 is 0.617 bits per heavy atom. The van der Waals surface area contributed by atoms with Crippen LogP contribution in [0.15, 0.2) is 291 Å². The Hall–Kier alpha value is -11.3. The van der Waals surface area contributed by atoms with E-state index in [0.717, 1.165) is 12.8 Å². The number of hydrogen-bond acceptors (Lipinski definition) is 2. The van der Waals surface area contributed by atoms with Gasteiger partial charge in [0.1, 0.15) is 0 Å². The van der Waals surface area contributed by atoms with Crippen LogP contribution in [0.2, 0.25) is 0 Å². The molecule has 2 nitrogen and oxygen atoms in total. The summed E-state index contributed by atoms with van der Waals surface area (Å²) in [7, 11) is 0. The monoisotopic (exact) mass is 1480 g/mol. The average molecular weight is 1490 g/mol. The van der Waals surface area contributed by atoms with Crippen LogP contribution in [0, 0.1) is 27.7 Å². The number of anilines is 6. The lowest BCUT2D eigenvalue weighted by atomic mass is 9.73. The van der Waals surface area contributed by atoms with Gasteiger partial charge in [-0.05, 0) is 356 Å². The molecule has 0 aromatic heterocycles. The van der Waals surface area contributed by atoms with E-state index in [-0.39, 0.29) is 27.1 Å². The molecule has 9 aliphatic carbocycles. The summed E-state index contributed by atoms with van der Waals surface area (Å²) in [6, 6.07) is 116. The minimum Gasteiger partial charge on any atom is -0.310 e. The van der Waals surface area contributed by atoms with Crippen molar-refractivity contribution < 1.29 is 0 Å². The van der Waals surface area contributed by atoms with E-state index in [0.29, 0.717) is 0 Å². The molecule has 0 bridgehead atoms. The molecule has 562 valence electrons. The first kappa shape index (κ1) is 69.2. The molecule has 0 atom stereocenters. The van der Waals surface area contributed by atoms with Gasteiger partial charge in [0.25, 0.3) is 0 Å². The average Bonchev–Trinajstić information content (AvgIpc) is 1.61. The highest BCUT2D eigenvalue weighted by Gasteiger charge is 2.50. The minimum atomic E-state index is -0.137. The van der Waals surface area contributed by atoms with Gasteiger partial charge >= 0.3 is 0 Å². The number of fused-ring (bicyclic) bond motifs is 20. The molecule has 115 heavy (non-hydrogen) atoms. The fourth-order valence-electron chi connectivity index (χ4n) is 25.4. The third kappa shape index (κ3) is 10.3. The van der Waals surface area contributed by atoms with Crippen LogP contribution in [0.5, 0.6) is 0 Å². The predicted octanol–water partition coefficient (Wildman–Crippen LogP) is 30.7. The largest absolute Gasteiger partial charge is 0.310 e. The number of aryl methyl sites for hydroxylation is 4. The molecular weight excluding hydrogens is 1390 g/mol. The summed E-state index contributed by atoms with van der Waals surface area (Å²) < 4.78 is 0. The normalized spacial score (nSPS) is 17.7. The van der Waals surface area contributed by atoms with Crippen molar-refractivity contribution in [1.29, 1.82) is 0 Å². The highest BCUT2D eigenvalue weighted by molar-refractivity contribution is 5.92. The Morgan fingerprint density at radius 2 is 0.383 bits per heavy atom. The Labute approximate surface area is 680 Å². The second-order valence-electron chi connectivity index (χ2n) is 36.4. The van der Waals surface area contributed by atoms with Gasteiger partial charge in [-0.15, -0.1) is 0 Å². The lowest BCUT2D eigenvalue weighted by Gasteiger charge is -2.34. The Bertz CT molecular complexity index is 5600. The molecule has 4 spiro atoms. The van der Waals surface area contributed by atoms with E-state index in [9.17, 15) is 0 Å². The molecule has 9 aliphatic rings. The fraction of sp³-hybridized carbons (Fsp3) is 0.257. The molecule has 2 heteroatoms. The number of rotatable bonds is 12. The van der Waals surface area contributed by atoms with Gasteiger partial charge in [0, 0.05) is 61.2 Å². The van der Waals surface area contributed by atoms with Gasteiger partial charge in [-0.3, -0.25) is 0 Å². The molecule has 5 saturated carbocycles. The van der Waals surface area contributed by atoms with Crippen LogP contribution in [-0.2, 0) is 27.1 Å². The lowest BCUT2D eigenvalue weighted by molar-refractivity contribution is 0.535. The van der Waals surface area contributed by atoms with Crippen molar-refractivity contribution in [1.82, 2.24) is 0 Å². The maximum atomic E-state index is 2.57. The molecular formula is C113H100N2. The lowest BCUT2D eigenvalue weighted by Crippen LogP contribution is -2.24. The number of hydrogen-bond donors (Lipinski definition) is 0. The van der Waals surface area contributed by atoms with Crippen molar-refractivity contribution in [3.63, 3.8) is 0 Å². The summed E-state index contributed by atoms with van der Waals surface area (Å²) in [5, 5.41) is 0. The number of benzene rings is 14. The smallest absolute Gasteiger partial charge is 0.0491 e. The molecule has 0 saturated heterocycles. The van der Waals surface area contributed by atoms with E-state index >= 15 is 0 Å². The van der Waals surface area contributed by atoms with Crippen LogP contribution in [0.3, 0.4) is 0 Å². The van der Waals surface area contributed by atoms with Crippen molar-refractivity contribution in [2.45, 2.75) is 183 Å². The zero-order valence-corrected chi connectivity index (χ0v) is 67.2. The van der Waals surface area contributed by atoms with Gasteiger partial charge in [0.2, 0.25) is 0 Å². The van der Waals surface area contributed by atoms with Crippen molar-refractivity contribution in [2.24, 2.45) is 0 Å². The van der Waals surface area contributed by atoms with Crippen molar-refractivity contribution >= 4 is 34.1 Å². The quantitative estimate of drug-likeness (QED) is 0.120. The topological polar surface area (TPSA) is 6.48 Å². The zero-order valence-electron chi connectivity index (χ0n) is 67.2. The third-order valence-corrected chi connectivity index (χ3v) is 30.8. The zero-order chi connectivity index (χ0) is 76.5. The van der Waals surface area contributed by atoms with E-state index in [2.05, 4.69) is 329 Å². The van der Waals surface area contributed by atoms with Crippen LogP contribution < -0.4 is 9.80 Å². The molecule has 23 rings (SSSR count). The predicted molar refractivity (Wildman–Crippen MR) is 481 cm³/mol. The Balaban J connectivity index is 0.605. The van der Waals surface area contributed by atoms with Gasteiger partial charge in [0.05, 0.1) is 0 Å². The minimum absolute atomic E-state index is 0.115. The van der Waals surface area contributed by atoms with Crippen LogP contribution in [0.1, 0.15) is 206 Å². The molecule has 0 N–H and O–H groups in total. The first-order valence-electron chi connectivity index (χ1n) is 43.7. The summed E-state index contributed by atoms with van der Waals surface area (Å²) in [5.41, 5.74) is 49.4. The second kappa shape index (κ2) is 26.4. The first-order valence-corrected chi connectivity index (χ1v) is 43.7. The van der Waals surface area contributed by atoms with Gasteiger partial charge in [-0.1, -0.05) is 258 Å². The fourth-order valence-corrected chi connectivity index (χ4v) is 25.4. The maximum absolute atomic E-state index is 2.57. The number of nitrogens with zero attached hydrogens (tertiary/aromatic N) is 2. The molecule has 0 radical (unpaired) electrons. The standard InChI is InChI=1S/C113H100N2/c1-73-65-77(81-31-47-93-89-23-5-9-27-97(89)110(101(93)69-81)57-15-16-58-110)35-51-105(73)114(106-52-36-78(66-74(106)2)82-32-48-94-90-24-6-10-28-98(90)111(102(94)70-82)59-17-18-60-111)87-43-39-85(40-44-87)109(55-13-14-56-109)86-41-45-88(46-42-86)115(107-53-37-79(67-75(107)3)83-33-49-95-91-25-7-11-29-99(91)112(103(95)71-83)61-19-20-62-112)108-54-38-80(68-76(108)4)84-34-50-96-92-26-8-12-30-100(92)113(104(96)72-84)63-21-22-64-113/h5-12,23-54,65-72H,13-22,55-64H2,1-4H3. The SMILES string of the molecule is Cc1cc(-c2ccc3c(c2)C2(CCCC2)c2ccccc2-3)ccc1N(c1ccc(C2(c3ccc(N(c4ccc(-c5ccc6c(c5)C5(CCCC5)c5ccccc5-6)cc4C)c4ccc(-c5ccc6c(c5)C5(CCCC5)c5ccccc5-6)cc4C)cc3)CCCC2)cc1)c1ccc(-c2ccc3c(c2)C2(CCCC2)c2ccccc2-3)cc1C. The van der Waals surface area contributed by atoms with Crippen molar-refractivity contribution in [3.05, 3.63) is 369 Å². The highest BCUT2D eigenvalue weighted by atomic mass is 15.2. The van der Waals surface area contributed by atoms with Crippen molar-refractivity contribution in [2.75, 3.05) is 9.80 Å². The summed E-state index contributed by atoms with van der Waals surface area (Å²) in [4.78, 5) is 5.14. The summed E-state index contributed by atoms with van der Waals surface area (Å²) >= 11 is 0. The van der Waals surface area contributed by atoms with E-state index in [1.807, 2.05) is 0 Å². The Kier molecular flexibility index (Phi) is 15.9. The molecule has 0 aliphatic heterocycles. The molecule has 0 heterocycles. The molecule has 14 aromatic carbocycles. The summed E-state index contributed by atoms with van der Waals surface area (Å²) in [6.45, 7) is 9.37. The second-order valence-corrected chi connectivity index (χ2v) is 36.4. The highest BCUT2D eigenvalue weighted by Crippen LogP contribution is 2.63. The van der Waals surface area contributed by atoms with E-state index in [1.165, 1.54) is 317 Å². The molecule has 0 amide bonds. The van der Waals surface area contributed by atoms with Crippen LogP contribution in [0.4, 0.5) is 34.1 Å². The van der Waals surface area contributed by atoms with Crippen LogP contribution >= 0.6 is 0 Å². The van der Waals surface area contributed by atoms with Gasteiger partial charge in [-0.2, -0.15) is 0 Å². The maximum Gasteiger partial charge on any atom is 0.0491 e. The van der Waals surface area contributed by atoms with Gasteiger partial charge in [-0.25, -0.2) is 0 Å². The summed E-state index contributed by atoms with van der Waals surface area (Å²) in [5.74, 6) is 0. The van der Waals surface area contributed by atoms with E-state index < -0.39 is 0 Å².